The third-order valence-electron chi connectivity index (χ3n) is 5.15. The number of sulfonamides is 1. The van der Waals surface area contributed by atoms with E-state index in [1.807, 2.05) is 25.7 Å². The van der Waals surface area contributed by atoms with Crippen LogP contribution in [0.25, 0.3) is 0 Å². The summed E-state index contributed by atoms with van der Waals surface area (Å²) in [5, 5.41) is 15.1. The van der Waals surface area contributed by atoms with Crippen LogP contribution in [-0.2, 0) is 21.2 Å². The number of ether oxygens (including phenoxy) is 1. The first-order chi connectivity index (χ1) is 16.5. The second kappa shape index (κ2) is 10.8. The molecule has 0 spiro atoms. The van der Waals surface area contributed by atoms with Crippen LogP contribution in [0.1, 0.15) is 55.4 Å². The number of aromatic nitrogens is 2. The highest BCUT2D eigenvalue weighted by Crippen LogP contribution is 2.41. The number of anilines is 2. The predicted octanol–water partition coefficient (Wildman–Crippen LogP) is 5.33. The SMILES string of the molecule is CCCOC(=O)c1nnc(N=Nc2cc3c(cc2NS(=O)(=O)C(F)(F)F)N(CCC)C(C)CC3)s1. The molecule has 2 aromatic rings. The van der Waals surface area contributed by atoms with Crippen molar-refractivity contribution in [3.8, 4) is 0 Å². The number of aryl methyl sites for hydroxylation is 1. The lowest BCUT2D eigenvalue weighted by Gasteiger charge is -2.37. The number of rotatable bonds is 9. The molecule has 1 aliphatic rings. The third-order valence-corrected chi connectivity index (χ3v) is 7.04. The number of nitrogens with one attached hydrogen (secondary N) is 1. The standard InChI is InChI=1S/C20H25F3N6O4S2/c1-4-8-29-12(3)6-7-13-10-14(15(11-16(13)29)28-35(31,32)20(21,22)23)24-26-19-27-25-17(34-19)18(30)33-9-5-2/h10-12,28H,4-9H2,1-3H3. The lowest BCUT2D eigenvalue weighted by atomic mass is 9.95. The van der Waals surface area contributed by atoms with Crippen molar-refractivity contribution in [2.24, 2.45) is 10.2 Å². The maximum atomic E-state index is 13.1. The highest BCUT2D eigenvalue weighted by Gasteiger charge is 2.46. The van der Waals surface area contributed by atoms with Gasteiger partial charge in [0, 0.05) is 18.3 Å². The van der Waals surface area contributed by atoms with Gasteiger partial charge >= 0.3 is 21.5 Å². The van der Waals surface area contributed by atoms with Crippen molar-refractivity contribution in [1.29, 1.82) is 0 Å². The molecule has 35 heavy (non-hydrogen) atoms. The highest BCUT2D eigenvalue weighted by atomic mass is 32.2. The fraction of sp³-hybridized carbons (Fsp3) is 0.550. The van der Waals surface area contributed by atoms with E-state index < -0.39 is 21.5 Å². The van der Waals surface area contributed by atoms with Crippen LogP contribution in [0.3, 0.4) is 0 Å². The average molecular weight is 535 g/mol. The molecular weight excluding hydrogens is 509 g/mol. The van der Waals surface area contributed by atoms with Gasteiger partial charge in [-0.15, -0.1) is 20.4 Å². The van der Waals surface area contributed by atoms with Gasteiger partial charge < -0.3 is 9.64 Å². The Morgan fingerprint density at radius 2 is 2.00 bits per heavy atom. The molecule has 0 bridgehead atoms. The number of benzene rings is 1. The predicted molar refractivity (Wildman–Crippen MR) is 125 cm³/mol. The van der Waals surface area contributed by atoms with Gasteiger partial charge in [-0.05, 0) is 50.3 Å². The molecule has 0 saturated heterocycles. The second-order valence-corrected chi connectivity index (χ2v) is 10.5. The number of alkyl halides is 3. The summed E-state index contributed by atoms with van der Waals surface area (Å²) in [7, 11) is -5.70. The molecule has 1 aromatic heterocycles. The molecule has 1 N–H and O–H groups in total. The van der Waals surface area contributed by atoms with Crippen LogP contribution in [0.2, 0.25) is 0 Å². The molecule has 15 heteroatoms. The summed E-state index contributed by atoms with van der Waals surface area (Å²) in [5.41, 5.74) is -4.55. The fourth-order valence-electron chi connectivity index (χ4n) is 3.49. The van der Waals surface area contributed by atoms with E-state index in [9.17, 15) is 26.4 Å². The molecule has 10 nitrogen and oxygen atoms in total. The minimum Gasteiger partial charge on any atom is -0.460 e. The Morgan fingerprint density at radius 1 is 1.26 bits per heavy atom. The molecular formula is C20H25F3N6O4S2. The Bertz CT molecular complexity index is 1200. The van der Waals surface area contributed by atoms with Gasteiger partial charge in [0.2, 0.25) is 5.01 Å². The number of carbonyl (C=O) groups is 1. The Labute approximate surface area is 204 Å². The van der Waals surface area contributed by atoms with Crippen molar-refractivity contribution in [1.82, 2.24) is 10.2 Å². The number of esters is 1. The van der Waals surface area contributed by atoms with E-state index >= 15 is 0 Å². The van der Waals surface area contributed by atoms with Crippen molar-refractivity contribution < 1.29 is 31.1 Å². The van der Waals surface area contributed by atoms with Crippen LogP contribution >= 0.6 is 11.3 Å². The van der Waals surface area contributed by atoms with E-state index in [2.05, 4.69) is 20.4 Å². The van der Waals surface area contributed by atoms with Crippen LogP contribution in [0, 0.1) is 0 Å². The number of hydrogen-bond donors (Lipinski definition) is 1. The van der Waals surface area contributed by atoms with Crippen LogP contribution in [0.15, 0.2) is 22.4 Å². The first-order valence-electron chi connectivity index (χ1n) is 10.9. The molecule has 0 saturated carbocycles. The van der Waals surface area contributed by atoms with E-state index in [4.69, 9.17) is 4.74 Å². The van der Waals surface area contributed by atoms with Gasteiger partial charge in [-0.3, -0.25) is 4.72 Å². The molecule has 0 fully saturated rings. The smallest absolute Gasteiger partial charge is 0.460 e. The van der Waals surface area contributed by atoms with Gasteiger partial charge in [-0.1, -0.05) is 25.2 Å². The minimum absolute atomic E-state index is 0.0444. The second-order valence-electron chi connectivity index (χ2n) is 7.86. The van der Waals surface area contributed by atoms with Crippen molar-refractivity contribution >= 4 is 49.5 Å². The van der Waals surface area contributed by atoms with E-state index in [0.29, 0.717) is 25.1 Å². The molecule has 0 amide bonds. The molecule has 1 aliphatic heterocycles. The molecule has 3 rings (SSSR count). The van der Waals surface area contributed by atoms with E-state index in [1.165, 1.54) is 12.1 Å². The Morgan fingerprint density at radius 3 is 2.66 bits per heavy atom. The van der Waals surface area contributed by atoms with E-state index in [0.717, 1.165) is 29.7 Å². The quantitative estimate of drug-likeness (QED) is 0.340. The third kappa shape index (κ3) is 6.25. The Balaban J connectivity index is 2.00. The zero-order valence-electron chi connectivity index (χ0n) is 19.3. The van der Waals surface area contributed by atoms with Crippen LogP contribution in [-0.4, -0.2) is 49.3 Å². The molecule has 0 aliphatic carbocycles. The monoisotopic (exact) mass is 534 g/mol. The fourth-order valence-corrected chi connectivity index (χ4v) is 4.61. The minimum atomic E-state index is -5.70. The van der Waals surface area contributed by atoms with Gasteiger partial charge in [0.15, 0.2) is 0 Å². The Hall–Kier alpha value is -2.81. The number of hydrogen-bond acceptors (Lipinski definition) is 10. The number of halogens is 3. The summed E-state index contributed by atoms with van der Waals surface area (Å²) in [6.07, 6.45) is 2.88. The van der Waals surface area contributed by atoms with Crippen molar-refractivity contribution in [3.05, 3.63) is 22.7 Å². The summed E-state index contributed by atoms with van der Waals surface area (Å²) < 4.78 is 69.6. The normalized spacial score (nSPS) is 16.4. The van der Waals surface area contributed by atoms with Gasteiger partial charge in [0.05, 0.1) is 12.3 Å². The lowest BCUT2D eigenvalue weighted by Crippen LogP contribution is -2.38. The van der Waals surface area contributed by atoms with Crippen LogP contribution in [0.5, 0.6) is 0 Å². The summed E-state index contributed by atoms with van der Waals surface area (Å²) in [4.78, 5) is 13.9. The summed E-state index contributed by atoms with van der Waals surface area (Å²) in [6.45, 7) is 6.68. The largest absolute Gasteiger partial charge is 0.516 e. The zero-order chi connectivity index (χ0) is 25.8. The molecule has 1 aromatic carbocycles. The van der Waals surface area contributed by atoms with Crippen LogP contribution < -0.4 is 9.62 Å². The Kier molecular flexibility index (Phi) is 8.30. The number of nitrogens with zero attached hydrogens (tertiary/aromatic N) is 5. The molecule has 1 atom stereocenters. The molecule has 192 valence electrons. The number of azo groups is 1. The molecule has 1 unspecified atom stereocenters. The van der Waals surface area contributed by atoms with Crippen molar-refractivity contribution in [3.63, 3.8) is 0 Å². The topological polar surface area (TPSA) is 126 Å². The van der Waals surface area contributed by atoms with Gasteiger partial charge in [-0.2, -0.15) is 21.6 Å². The number of carbonyl (C=O) groups excluding carboxylic acids is 1. The highest BCUT2D eigenvalue weighted by molar-refractivity contribution is 7.93. The maximum absolute atomic E-state index is 13.1. The molecule has 0 radical (unpaired) electrons. The first-order valence-corrected chi connectivity index (χ1v) is 13.2. The zero-order valence-corrected chi connectivity index (χ0v) is 20.9. The van der Waals surface area contributed by atoms with Gasteiger partial charge in [0.1, 0.15) is 5.69 Å². The summed E-state index contributed by atoms with van der Waals surface area (Å²) in [6, 6.07) is 3.00. The first kappa shape index (κ1) is 26.8. The average Bonchev–Trinajstić information content (AvgIpc) is 3.26. The van der Waals surface area contributed by atoms with Gasteiger partial charge in [-0.25, -0.2) is 4.79 Å². The summed E-state index contributed by atoms with van der Waals surface area (Å²) >= 11 is 0.786. The van der Waals surface area contributed by atoms with Crippen molar-refractivity contribution in [2.75, 3.05) is 22.8 Å². The van der Waals surface area contributed by atoms with Crippen LogP contribution in [0.4, 0.5) is 35.4 Å². The number of fused-ring (bicyclic) bond motifs is 1. The maximum Gasteiger partial charge on any atom is 0.516 e. The van der Waals surface area contributed by atoms with E-state index in [-0.39, 0.29) is 34.2 Å². The van der Waals surface area contributed by atoms with Crippen molar-refractivity contribution in [2.45, 2.75) is 58.0 Å². The molecule has 2 heterocycles. The summed E-state index contributed by atoms with van der Waals surface area (Å²) in [5.74, 6) is -0.677. The van der Waals surface area contributed by atoms with Gasteiger partial charge in [0.25, 0.3) is 5.13 Å². The lowest BCUT2D eigenvalue weighted by molar-refractivity contribution is -0.0429. The van der Waals surface area contributed by atoms with E-state index in [1.54, 1.807) is 4.72 Å².